The van der Waals surface area contributed by atoms with Crippen LogP contribution in [0, 0.1) is 6.92 Å². The van der Waals surface area contributed by atoms with E-state index in [-0.39, 0.29) is 23.8 Å². The molecule has 0 heterocycles. The average molecular weight is 732 g/mol. The molecule has 1 N–H and O–H groups in total. The highest BCUT2D eigenvalue weighted by Crippen LogP contribution is 2.28. The van der Waals surface area contributed by atoms with Gasteiger partial charge in [0.05, 0.1) is 20.6 Å². The van der Waals surface area contributed by atoms with Gasteiger partial charge >= 0.3 is 0 Å². The Labute approximate surface area is 283 Å². The Morgan fingerprint density at radius 2 is 1.53 bits per heavy atom. The molecule has 0 spiro atoms. The van der Waals surface area contributed by atoms with E-state index < -0.39 is 28.5 Å². The van der Waals surface area contributed by atoms with E-state index in [2.05, 4.69) is 21.2 Å². The van der Waals surface area contributed by atoms with Crippen LogP contribution >= 0.6 is 39.1 Å². The highest BCUT2D eigenvalue weighted by Gasteiger charge is 2.34. The minimum absolute atomic E-state index is 0.00841. The molecule has 4 aromatic rings. The monoisotopic (exact) mass is 729 g/mol. The number of carbonyl (C=O) groups excluding carboxylic acids is 2. The third kappa shape index (κ3) is 9.10. The van der Waals surface area contributed by atoms with E-state index in [1.807, 2.05) is 44.2 Å². The van der Waals surface area contributed by atoms with Crippen LogP contribution in [0.1, 0.15) is 30.0 Å². The molecule has 11 heteroatoms. The first kappa shape index (κ1) is 34.5. The predicted octanol–water partition coefficient (Wildman–Crippen LogP) is 7.43. The number of sulfonamides is 1. The first-order valence-electron chi connectivity index (χ1n) is 14.4. The van der Waals surface area contributed by atoms with Crippen LogP contribution in [0.2, 0.25) is 10.0 Å². The molecule has 4 aromatic carbocycles. The standard InChI is InChI=1S/C34H34BrCl2N3O4S/c1-3-19-38-34(42)32(21-25-7-5-4-6-8-25)39(22-26-11-18-30(36)31(37)20-26)33(41)23-40(28-14-12-27(35)13-15-28)45(43,44)29-16-9-24(2)10-17-29/h4-18,20,32H,3,19,21-23H2,1-2H3,(H,38,42). The van der Waals surface area contributed by atoms with Crippen molar-refractivity contribution >= 4 is 66.7 Å². The van der Waals surface area contributed by atoms with Crippen molar-refractivity contribution in [2.75, 3.05) is 17.4 Å². The Balaban J connectivity index is 1.80. The molecule has 1 atom stereocenters. The second-order valence-electron chi connectivity index (χ2n) is 10.6. The number of nitrogens with one attached hydrogen (secondary N) is 1. The lowest BCUT2D eigenvalue weighted by Crippen LogP contribution is -2.53. The third-order valence-electron chi connectivity index (χ3n) is 7.16. The molecule has 0 saturated heterocycles. The summed E-state index contributed by atoms with van der Waals surface area (Å²) in [7, 11) is -4.19. The maximum atomic E-state index is 14.5. The van der Waals surface area contributed by atoms with E-state index in [0.717, 1.165) is 19.9 Å². The fraction of sp³-hybridized carbons (Fsp3) is 0.235. The second kappa shape index (κ2) is 15.8. The Morgan fingerprint density at radius 3 is 2.16 bits per heavy atom. The quantitative estimate of drug-likeness (QED) is 0.155. The fourth-order valence-electron chi connectivity index (χ4n) is 4.73. The summed E-state index contributed by atoms with van der Waals surface area (Å²) in [6.07, 6.45) is 0.920. The van der Waals surface area contributed by atoms with E-state index in [4.69, 9.17) is 23.2 Å². The first-order valence-corrected chi connectivity index (χ1v) is 17.4. The van der Waals surface area contributed by atoms with Gasteiger partial charge in [-0.15, -0.1) is 0 Å². The lowest BCUT2D eigenvalue weighted by molar-refractivity contribution is -0.140. The molecule has 45 heavy (non-hydrogen) atoms. The Morgan fingerprint density at radius 1 is 0.867 bits per heavy atom. The number of carbonyl (C=O) groups is 2. The summed E-state index contributed by atoms with van der Waals surface area (Å²) in [5.41, 5.74) is 2.68. The molecule has 7 nitrogen and oxygen atoms in total. The zero-order valence-corrected chi connectivity index (χ0v) is 28.8. The molecule has 4 rings (SSSR count). The van der Waals surface area contributed by atoms with Gasteiger partial charge in [-0.1, -0.05) is 100 Å². The second-order valence-corrected chi connectivity index (χ2v) is 14.2. The summed E-state index contributed by atoms with van der Waals surface area (Å²) in [5, 5.41) is 3.58. The van der Waals surface area contributed by atoms with Crippen LogP contribution in [0.3, 0.4) is 0 Å². The topological polar surface area (TPSA) is 86.8 Å². The molecular formula is C34H34BrCl2N3O4S. The summed E-state index contributed by atoms with van der Waals surface area (Å²) < 4.78 is 30.0. The molecule has 236 valence electrons. The van der Waals surface area contributed by atoms with Gasteiger partial charge < -0.3 is 10.2 Å². The van der Waals surface area contributed by atoms with Crippen LogP contribution in [-0.2, 0) is 32.6 Å². The van der Waals surface area contributed by atoms with Crippen molar-refractivity contribution in [3.8, 4) is 0 Å². The highest BCUT2D eigenvalue weighted by atomic mass is 79.9. The molecule has 0 aromatic heterocycles. The molecule has 0 aliphatic carbocycles. The zero-order chi connectivity index (χ0) is 32.6. The summed E-state index contributed by atoms with van der Waals surface area (Å²) in [4.78, 5) is 29.6. The van der Waals surface area contributed by atoms with Crippen LogP contribution in [0.4, 0.5) is 5.69 Å². The number of hydrogen-bond acceptors (Lipinski definition) is 4. The number of halogens is 3. The van der Waals surface area contributed by atoms with Gasteiger partial charge in [0.1, 0.15) is 12.6 Å². The SMILES string of the molecule is CCCNC(=O)C(Cc1ccccc1)N(Cc1ccc(Cl)c(Cl)c1)C(=O)CN(c1ccc(Br)cc1)S(=O)(=O)c1ccc(C)cc1. The first-order chi connectivity index (χ1) is 21.5. The lowest BCUT2D eigenvalue weighted by Gasteiger charge is -2.34. The molecule has 0 radical (unpaired) electrons. The van der Waals surface area contributed by atoms with Crippen molar-refractivity contribution in [2.24, 2.45) is 0 Å². The van der Waals surface area contributed by atoms with E-state index in [9.17, 15) is 18.0 Å². The Hall–Kier alpha value is -3.37. The summed E-state index contributed by atoms with van der Waals surface area (Å²) in [5.74, 6) is -0.905. The predicted molar refractivity (Wildman–Crippen MR) is 184 cm³/mol. The molecule has 0 fully saturated rings. The molecule has 2 amide bonds. The molecule has 1 unspecified atom stereocenters. The summed E-state index contributed by atoms with van der Waals surface area (Å²) in [6, 6.07) is 26.6. The third-order valence-corrected chi connectivity index (χ3v) is 10.2. The molecule has 0 saturated carbocycles. The Bertz CT molecular complexity index is 1720. The van der Waals surface area contributed by atoms with Crippen LogP contribution in [0.5, 0.6) is 0 Å². The van der Waals surface area contributed by atoms with Gasteiger partial charge in [0.15, 0.2) is 0 Å². The largest absolute Gasteiger partial charge is 0.354 e. The summed E-state index contributed by atoms with van der Waals surface area (Å²) in [6.45, 7) is 3.67. The van der Waals surface area contributed by atoms with E-state index >= 15 is 0 Å². The number of amides is 2. The zero-order valence-electron chi connectivity index (χ0n) is 24.9. The number of aryl methyl sites for hydroxylation is 1. The van der Waals surface area contributed by atoms with Gasteiger partial charge in [0, 0.05) is 24.0 Å². The van der Waals surface area contributed by atoms with Gasteiger partial charge in [-0.05, 0) is 73.0 Å². The van der Waals surface area contributed by atoms with Crippen molar-refractivity contribution < 1.29 is 18.0 Å². The maximum Gasteiger partial charge on any atom is 0.264 e. The molecule has 0 aliphatic heterocycles. The number of rotatable bonds is 13. The van der Waals surface area contributed by atoms with Crippen molar-refractivity contribution in [3.63, 3.8) is 0 Å². The number of hydrogen-bond donors (Lipinski definition) is 1. The minimum Gasteiger partial charge on any atom is -0.354 e. The van der Waals surface area contributed by atoms with Gasteiger partial charge in [0.25, 0.3) is 10.0 Å². The van der Waals surface area contributed by atoms with Gasteiger partial charge in [-0.2, -0.15) is 0 Å². The van der Waals surface area contributed by atoms with Crippen molar-refractivity contribution in [1.29, 1.82) is 0 Å². The van der Waals surface area contributed by atoms with E-state index in [0.29, 0.717) is 34.3 Å². The van der Waals surface area contributed by atoms with Crippen LogP contribution in [-0.4, -0.2) is 44.3 Å². The van der Waals surface area contributed by atoms with Gasteiger partial charge in [0.2, 0.25) is 11.8 Å². The van der Waals surface area contributed by atoms with Crippen molar-refractivity contribution in [1.82, 2.24) is 10.2 Å². The smallest absolute Gasteiger partial charge is 0.264 e. The van der Waals surface area contributed by atoms with Gasteiger partial charge in [-0.25, -0.2) is 8.42 Å². The van der Waals surface area contributed by atoms with E-state index in [1.165, 1.54) is 17.0 Å². The van der Waals surface area contributed by atoms with Crippen molar-refractivity contribution in [2.45, 2.75) is 44.2 Å². The van der Waals surface area contributed by atoms with Crippen molar-refractivity contribution in [3.05, 3.63) is 128 Å². The maximum absolute atomic E-state index is 14.5. The fourth-order valence-corrected chi connectivity index (χ4v) is 6.73. The summed E-state index contributed by atoms with van der Waals surface area (Å²) >= 11 is 15.9. The number of benzene rings is 4. The van der Waals surface area contributed by atoms with Crippen LogP contribution in [0.25, 0.3) is 0 Å². The lowest BCUT2D eigenvalue weighted by atomic mass is 10.0. The average Bonchev–Trinajstić information content (AvgIpc) is 3.03. The van der Waals surface area contributed by atoms with Gasteiger partial charge in [-0.3, -0.25) is 13.9 Å². The Kier molecular flexibility index (Phi) is 12.1. The van der Waals surface area contributed by atoms with Crippen LogP contribution < -0.4 is 9.62 Å². The number of anilines is 1. The molecular weight excluding hydrogens is 697 g/mol. The molecule has 0 aliphatic rings. The minimum atomic E-state index is -4.19. The van der Waals surface area contributed by atoms with E-state index in [1.54, 1.807) is 54.6 Å². The highest BCUT2D eigenvalue weighted by molar-refractivity contribution is 9.10. The number of nitrogens with zero attached hydrogens (tertiary/aromatic N) is 2. The normalized spacial score (nSPS) is 11.9. The van der Waals surface area contributed by atoms with Crippen LogP contribution in [0.15, 0.2) is 106 Å². The molecule has 0 bridgehead atoms.